The van der Waals surface area contributed by atoms with Crippen molar-refractivity contribution in [2.75, 3.05) is 0 Å². The Labute approximate surface area is 72.5 Å². The van der Waals surface area contributed by atoms with Crippen molar-refractivity contribution in [3.05, 3.63) is 0 Å². The van der Waals surface area contributed by atoms with Gasteiger partial charge in [0.1, 0.15) is 0 Å². The Kier molecular flexibility index (Phi) is 10.4. The van der Waals surface area contributed by atoms with Crippen LogP contribution in [0.4, 0.5) is 9.59 Å². The number of hydrogen-bond acceptors (Lipinski definition) is 2. The van der Waals surface area contributed by atoms with Crippen LogP contribution in [0.1, 0.15) is 0 Å². The predicted molar refractivity (Wildman–Crippen MR) is 44.1 cm³/mol. The lowest BCUT2D eigenvalue weighted by Gasteiger charge is -1.56. The summed E-state index contributed by atoms with van der Waals surface area (Å²) in [7, 11) is 0. The second kappa shape index (κ2) is 7.40. The van der Waals surface area contributed by atoms with E-state index in [-0.39, 0.29) is 0 Å². The quantitative estimate of drug-likeness (QED) is 0.522. The second-order valence-corrected chi connectivity index (χ2v) is 2.35. The van der Waals surface area contributed by atoms with Crippen molar-refractivity contribution in [2.45, 2.75) is 0 Å². The zero-order chi connectivity index (χ0) is 7.15. The lowest BCUT2D eigenvalue weighted by Crippen LogP contribution is -1.64. The largest absolute Gasteiger partial charge is 0.474 e. The molecule has 0 aromatic carbocycles. The predicted octanol–water partition coefficient (Wildman–Crippen LogP) is 2.20. The van der Waals surface area contributed by atoms with E-state index in [0.29, 0.717) is 0 Å². The van der Waals surface area contributed by atoms with Gasteiger partial charge < -0.3 is 10.2 Å². The Hall–Kier alpha value is 0.400. The van der Waals surface area contributed by atoms with Gasteiger partial charge in [0, 0.05) is 0 Å². The molecule has 0 bridgehead atoms. The Morgan fingerprint density at radius 2 is 1.00 bits per heavy atom. The zero-order valence-electron chi connectivity index (χ0n) is 3.47. The second-order valence-electron chi connectivity index (χ2n) is 0.506. The fourth-order valence-electron chi connectivity index (χ4n) is 0. The smallest absolute Gasteiger partial charge is 0.364 e. The van der Waals surface area contributed by atoms with Crippen LogP contribution in [-0.4, -0.2) is 18.2 Å². The molecular formula is C2H2I2O4. The number of carbonyl (C=O) groups is 2. The van der Waals surface area contributed by atoms with Crippen LogP contribution in [0.3, 0.4) is 0 Å². The van der Waals surface area contributed by atoms with Gasteiger partial charge in [-0.2, -0.15) is 0 Å². The average molecular weight is 344 g/mol. The van der Waals surface area contributed by atoms with Crippen molar-refractivity contribution in [3.8, 4) is 0 Å². The normalized spacial score (nSPS) is 6.25. The van der Waals surface area contributed by atoms with Gasteiger partial charge in [-0.1, -0.05) is 0 Å². The van der Waals surface area contributed by atoms with E-state index < -0.39 is 7.95 Å². The molecular weight excluding hydrogens is 342 g/mol. The highest BCUT2D eigenvalue weighted by molar-refractivity contribution is 14.1. The van der Waals surface area contributed by atoms with Crippen molar-refractivity contribution in [2.24, 2.45) is 0 Å². The van der Waals surface area contributed by atoms with Gasteiger partial charge in [-0.25, -0.2) is 9.59 Å². The van der Waals surface area contributed by atoms with Crippen LogP contribution in [0.15, 0.2) is 0 Å². The molecule has 2 N–H and O–H groups in total. The maximum absolute atomic E-state index is 8.99. The van der Waals surface area contributed by atoms with E-state index in [1.807, 2.05) is 0 Å². The molecule has 0 fully saturated rings. The number of carboxylic acid groups (broad SMARTS) is 2. The first-order valence-corrected chi connectivity index (χ1v) is 3.39. The average Bonchev–Trinajstić information content (AvgIpc) is 1.25. The first-order chi connectivity index (χ1) is 3.46. The molecule has 0 aromatic heterocycles. The van der Waals surface area contributed by atoms with E-state index in [9.17, 15) is 0 Å². The minimum atomic E-state index is -0.863. The van der Waals surface area contributed by atoms with E-state index in [0.717, 1.165) is 0 Å². The molecule has 0 aromatic rings. The summed E-state index contributed by atoms with van der Waals surface area (Å²) >= 11 is 2.52. The number of rotatable bonds is 0. The third kappa shape index (κ3) is 1170. The van der Waals surface area contributed by atoms with Crippen LogP contribution in [-0.2, 0) is 0 Å². The fraction of sp³-hybridized carbons (Fsp3) is 0. The maximum Gasteiger partial charge on any atom is 0.364 e. The van der Waals surface area contributed by atoms with Crippen LogP contribution in [0.5, 0.6) is 0 Å². The van der Waals surface area contributed by atoms with Crippen LogP contribution in [0, 0.1) is 0 Å². The van der Waals surface area contributed by atoms with Crippen molar-refractivity contribution < 1.29 is 19.8 Å². The third-order valence-corrected chi connectivity index (χ3v) is 0. The van der Waals surface area contributed by atoms with Crippen molar-refractivity contribution in [3.63, 3.8) is 0 Å². The standard InChI is InChI=1S/2CHIO2/c2*2-1(3)4/h2*(H,3,4). The first-order valence-electron chi connectivity index (χ1n) is 1.23. The number of hydrogen-bond donors (Lipinski definition) is 2. The van der Waals surface area contributed by atoms with Crippen molar-refractivity contribution >= 4 is 53.1 Å². The molecule has 0 unspecified atom stereocenters. The molecule has 6 heteroatoms. The summed E-state index contributed by atoms with van der Waals surface area (Å²) in [6, 6.07) is 0. The topological polar surface area (TPSA) is 74.6 Å². The highest BCUT2D eigenvalue weighted by Gasteiger charge is 1.70. The molecule has 8 heavy (non-hydrogen) atoms. The van der Waals surface area contributed by atoms with Crippen LogP contribution in [0.2, 0.25) is 0 Å². The Morgan fingerprint density at radius 1 is 1.00 bits per heavy atom. The molecule has 48 valence electrons. The van der Waals surface area contributed by atoms with Crippen LogP contribution < -0.4 is 0 Å². The highest BCUT2D eigenvalue weighted by Crippen LogP contribution is 1.76. The molecule has 0 heterocycles. The Morgan fingerprint density at radius 3 is 1.00 bits per heavy atom. The van der Waals surface area contributed by atoms with Gasteiger partial charge in [0.15, 0.2) is 0 Å². The number of halogens is 2. The molecule has 0 aliphatic rings. The van der Waals surface area contributed by atoms with E-state index >= 15 is 0 Å². The van der Waals surface area contributed by atoms with Crippen LogP contribution in [0.25, 0.3) is 0 Å². The molecule has 0 amide bonds. The fourth-order valence-corrected chi connectivity index (χ4v) is 0. The summed E-state index contributed by atoms with van der Waals surface area (Å²) in [5.74, 6) is 0. The molecule has 0 atom stereocenters. The lowest BCUT2D eigenvalue weighted by molar-refractivity contribution is 0.224. The van der Waals surface area contributed by atoms with E-state index in [1.165, 1.54) is 45.2 Å². The SMILES string of the molecule is O=C(O)I.O=C(O)I. The molecule has 0 radical (unpaired) electrons. The lowest BCUT2D eigenvalue weighted by atomic mass is 11.7. The third-order valence-electron chi connectivity index (χ3n) is 0. The molecule has 4 nitrogen and oxygen atoms in total. The summed E-state index contributed by atoms with van der Waals surface area (Å²) in [4.78, 5) is 18.0. The zero-order valence-corrected chi connectivity index (χ0v) is 7.78. The minimum Gasteiger partial charge on any atom is -0.474 e. The van der Waals surface area contributed by atoms with Gasteiger partial charge in [-0.3, -0.25) is 0 Å². The van der Waals surface area contributed by atoms with E-state index in [2.05, 4.69) is 0 Å². The van der Waals surface area contributed by atoms with Crippen molar-refractivity contribution in [1.29, 1.82) is 0 Å². The highest BCUT2D eigenvalue weighted by atomic mass is 127. The van der Waals surface area contributed by atoms with Gasteiger partial charge >= 0.3 is 7.95 Å². The van der Waals surface area contributed by atoms with Gasteiger partial charge in [0.25, 0.3) is 0 Å². The summed E-state index contributed by atoms with van der Waals surface area (Å²) in [5, 5.41) is 14.8. The molecule has 0 saturated heterocycles. The maximum atomic E-state index is 8.99. The Balaban J connectivity index is 0. The monoisotopic (exact) mass is 344 g/mol. The summed E-state index contributed by atoms with van der Waals surface area (Å²) in [6.45, 7) is 0. The van der Waals surface area contributed by atoms with Crippen molar-refractivity contribution in [1.82, 2.24) is 0 Å². The van der Waals surface area contributed by atoms with Crippen LogP contribution >= 0.6 is 45.2 Å². The molecule has 0 spiro atoms. The van der Waals surface area contributed by atoms with Gasteiger partial charge in [-0.05, 0) is 0 Å². The van der Waals surface area contributed by atoms with Gasteiger partial charge in [0.05, 0.1) is 45.2 Å². The van der Waals surface area contributed by atoms with Gasteiger partial charge in [0.2, 0.25) is 0 Å². The summed E-state index contributed by atoms with van der Waals surface area (Å²) in [5.41, 5.74) is 0. The summed E-state index contributed by atoms with van der Waals surface area (Å²) < 4.78 is -1.73. The summed E-state index contributed by atoms with van der Waals surface area (Å²) in [6.07, 6.45) is 0. The molecule has 0 saturated carbocycles. The van der Waals surface area contributed by atoms with Gasteiger partial charge in [-0.15, -0.1) is 0 Å². The first kappa shape index (κ1) is 11.2. The minimum absolute atomic E-state index is 0.863. The molecule has 0 aliphatic carbocycles. The molecule has 0 aliphatic heterocycles. The van der Waals surface area contributed by atoms with E-state index in [4.69, 9.17) is 19.8 Å². The molecule has 0 rings (SSSR count). The Bertz CT molecular complexity index is 70.0. The van der Waals surface area contributed by atoms with E-state index in [1.54, 1.807) is 0 Å².